The Hall–Kier alpha value is -0.510. The van der Waals surface area contributed by atoms with Crippen molar-refractivity contribution in [2.75, 3.05) is 26.5 Å². The first-order valence-electron chi connectivity index (χ1n) is 5.53. The molecule has 1 N–H and O–H groups in total. The van der Waals surface area contributed by atoms with Crippen molar-refractivity contribution in [3.8, 4) is 0 Å². The largest absolute Gasteiger partial charge is 0.383 e. The van der Waals surface area contributed by atoms with E-state index in [4.69, 9.17) is 4.74 Å². The minimum Gasteiger partial charge on any atom is -0.383 e. The van der Waals surface area contributed by atoms with Crippen molar-refractivity contribution in [3.05, 3.63) is 29.3 Å². The summed E-state index contributed by atoms with van der Waals surface area (Å²) >= 11 is 1.89. The molecule has 0 aliphatic rings. The van der Waals surface area contributed by atoms with E-state index in [-0.39, 0.29) is 0 Å². The number of nitrogens with one attached hydrogen (secondary N) is 1. The summed E-state index contributed by atoms with van der Waals surface area (Å²) in [5.41, 5.74) is 2.67. The molecule has 0 aliphatic carbocycles. The summed E-state index contributed by atoms with van der Waals surface area (Å²) in [7, 11) is 3.72. The number of benzene rings is 1. The van der Waals surface area contributed by atoms with Gasteiger partial charge in [0.15, 0.2) is 0 Å². The molecule has 90 valence electrons. The maximum absolute atomic E-state index is 5.16. The average Bonchev–Trinajstić information content (AvgIpc) is 2.28. The Morgan fingerprint density at radius 1 is 1.38 bits per heavy atom. The lowest BCUT2D eigenvalue weighted by Crippen LogP contribution is -2.32. The van der Waals surface area contributed by atoms with E-state index in [0.717, 1.165) is 12.4 Å². The highest BCUT2D eigenvalue weighted by Crippen LogP contribution is 2.24. The second kappa shape index (κ2) is 6.94. The first-order chi connectivity index (χ1) is 7.67. The highest BCUT2D eigenvalue weighted by molar-refractivity contribution is 7.99. The van der Waals surface area contributed by atoms with Crippen LogP contribution in [-0.2, 0) is 4.74 Å². The zero-order valence-electron chi connectivity index (χ0n) is 10.5. The normalized spacial score (nSPS) is 12.8. The molecule has 1 atom stereocenters. The maximum Gasteiger partial charge on any atom is 0.0623 e. The third-order valence-corrected chi connectivity index (χ3v) is 3.88. The third-order valence-electron chi connectivity index (χ3n) is 2.56. The van der Waals surface area contributed by atoms with Crippen LogP contribution < -0.4 is 5.32 Å². The quantitative estimate of drug-likeness (QED) is 0.771. The highest BCUT2D eigenvalue weighted by Gasteiger charge is 2.07. The predicted molar refractivity (Wildman–Crippen MR) is 71.4 cm³/mol. The minimum atomic E-state index is 0.412. The van der Waals surface area contributed by atoms with Gasteiger partial charge in [0.2, 0.25) is 0 Å². The van der Waals surface area contributed by atoms with E-state index >= 15 is 0 Å². The molecule has 0 heterocycles. The SMILES string of the molecule is CNC(COC)CSc1cc(C)ccc1C. The van der Waals surface area contributed by atoms with Gasteiger partial charge in [-0.05, 0) is 32.5 Å². The summed E-state index contributed by atoms with van der Waals surface area (Å²) in [5, 5.41) is 3.26. The fourth-order valence-electron chi connectivity index (χ4n) is 1.47. The van der Waals surface area contributed by atoms with E-state index in [1.54, 1.807) is 7.11 Å². The Morgan fingerprint density at radius 3 is 2.75 bits per heavy atom. The summed E-state index contributed by atoms with van der Waals surface area (Å²) in [6.07, 6.45) is 0. The first kappa shape index (κ1) is 13.6. The van der Waals surface area contributed by atoms with Crippen molar-refractivity contribution < 1.29 is 4.74 Å². The first-order valence-corrected chi connectivity index (χ1v) is 6.52. The fraction of sp³-hybridized carbons (Fsp3) is 0.538. The third kappa shape index (κ3) is 4.16. The molecule has 0 aromatic heterocycles. The van der Waals surface area contributed by atoms with Crippen molar-refractivity contribution in [2.24, 2.45) is 0 Å². The van der Waals surface area contributed by atoms with Crippen molar-refractivity contribution in [2.45, 2.75) is 24.8 Å². The molecule has 1 aromatic carbocycles. The van der Waals surface area contributed by atoms with E-state index < -0.39 is 0 Å². The van der Waals surface area contributed by atoms with E-state index in [9.17, 15) is 0 Å². The number of hydrogen-bond donors (Lipinski definition) is 1. The van der Waals surface area contributed by atoms with Gasteiger partial charge in [0, 0.05) is 23.8 Å². The number of thioether (sulfide) groups is 1. The maximum atomic E-state index is 5.16. The van der Waals surface area contributed by atoms with Gasteiger partial charge in [0.05, 0.1) is 6.61 Å². The molecule has 0 saturated carbocycles. The van der Waals surface area contributed by atoms with Gasteiger partial charge in [-0.3, -0.25) is 0 Å². The van der Waals surface area contributed by atoms with Gasteiger partial charge in [0.25, 0.3) is 0 Å². The molecule has 3 heteroatoms. The number of rotatable bonds is 6. The van der Waals surface area contributed by atoms with Gasteiger partial charge >= 0.3 is 0 Å². The van der Waals surface area contributed by atoms with Crippen LogP contribution in [0.25, 0.3) is 0 Å². The van der Waals surface area contributed by atoms with Crippen LogP contribution in [0.1, 0.15) is 11.1 Å². The van der Waals surface area contributed by atoms with Gasteiger partial charge in [-0.15, -0.1) is 11.8 Å². The van der Waals surface area contributed by atoms with Crippen LogP contribution in [0.2, 0.25) is 0 Å². The monoisotopic (exact) mass is 239 g/mol. The van der Waals surface area contributed by atoms with Crippen LogP contribution >= 0.6 is 11.8 Å². The molecule has 0 radical (unpaired) electrons. The molecule has 0 saturated heterocycles. The Bertz CT molecular complexity index is 328. The number of methoxy groups -OCH3 is 1. The van der Waals surface area contributed by atoms with Crippen molar-refractivity contribution >= 4 is 11.8 Å². The number of hydrogen-bond acceptors (Lipinski definition) is 3. The van der Waals surface area contributed by atoms with Crippen molar-refractivity contribution in [3.63, 3.8) is 0 Å². The topological polar surface area (TPSA) is 21.3 Å². The lowest BCUT2D eigenvalue weighted by atomic mass is 10.2. The molecule has 1 aromatic rings. The molecule has 0 bridgehead atoms. The Balaban J connectivity index is 2.55. The summed E-state index contributed by atoms with van der Waals surface area (Å²) in [6, 6.07) is 7.00. The second-order valence-electron chi connectivity index (χ2n) is 4.02. The number of likely N-dealkylation sites (N-methyl/N-ethyl adjacent to an activating group) is 1. The van der Waals surface area contributed by atoms with E-state index in [1.807, 2.05) is 18.8 Å². The molecule has 16 heavy (non-hydrogen) atoms. The minimum absolute atomic E-state index is 0.412. The van der Waals surface area contributed by atoms with Crippen LogP contribution in [0.3, 0.4) is 0 Å². The Labute approximate surface area is 103 Å². The van der Waals surface area contributed by atoms with E-state index in [2.05, 4.69) is 37.4 Å². The molecule has 0 aliphatic heterocycles. The fourth-order valence-corrected chi connectivity index (χ4v) is 2.68. The summed E-state index contributed by atoms with van der Waals surface area (Å²) in [4.78, 5) is 1.37. The zero-order valence-corrected chi connectivity index (χ0v) is 11.4. The Kier molecular flexibility index (Phi) is 5.88. The van der Waals surface area contributed by atoms with Gasteiger partial charge in [-0.25, -0.2) is 0 Å². The lowest BCUT2D eigenvalue weighted by molar-refractivity contribution is 0.177. The predicted octanol–water partition coefficient (Wildman–Crippen LogP) is 2.63. The standard InChI is InChI=1S/C13H21NOS/c1-10-5-6-11(2)13(7-10)16-9-12(14-3)8-15-4/h5-7,12,14H,8-9H2,1-4H3. The van der Waals surface area contributed by atoms with E-state index in [0.29, 0.717) is 6.04 Å². The smallest absolute Gasteiger partial charge is 0.0623 e. The average molecular weight is 239 g/mol. The molecule has 1 unspecified atom stereocenters. The van der Waals surface area contributed by atoms with Gasteiger partial charge in [-0.1, -0.05) is 17.7 Å². The van der Waals surface area contributed by atoms with Gasteiger partial charge < -0.3 is 10.1 Å². The molecule has 1 rings (SSSR count). The summed E-state index contributed by atoms with van der Waals surface area (Å²) < 4.78 is 5.16. The van der Waals surface area contributed by atoms with Crippen molar-refractivity contribution in [1.82, 2.24) is 5.32 Å². The highest BCUT2D eigenvalue weighted by atomic mass is 32.2. The Morgan fingerprint density at radius 2 is 2.12 bits per heavy atom. The molecular weight excluding hydrogens is 218 g/mol. The number of ether oxygens (including phenoxy) is 1. The molecule has 2 nitrogen and oxygen atoms in total. The van der Waals surface area contributed by atoms with Crippen LogP contribution in [0.4, 0.5) is 0 Å². The van der Waals surface area contributed by atoms with Crippen molar-refractivity contribution in [1.29, 1.82) is 0 Å². The second-order valence-corrected chi connectivity index (χ2v) is 5.08. The molecular formula is C13H21NOS. The molecule has 0 fully saturated rings. The van der Waals surface area contributed by atoms with E-state index in [1.165, 1.54) is 16.0 Å². The van der Waals surface area contributed by atoms with Crippen LogP contribution in [-0.4, -0.2) is 32.6 Å². The lowest BCUT2D eigenvalue weighted by Gasteiger charge is -2.15. The van der Waals surface area contributed by atoms with Crippen LogP contribution in [0.15, 0.2) is 23.1 Å². The number of aryl methyl sites for hydroxylation is 2. The molecule has 0 amide bonds. The zero-order chi connectivity index (χ0) is 12.0. The van der Waals surface area contributed by atoms with Crippen LogP contribution in [0.5, 0.6) is 0 Å². The summed E-state index contributed by atoms with van der Waals surface area (Å²) in [5.74, 6) is 1.04. The summed E-state index contributed by atoms with van der Waals surface area (Å²) in [6.45, 7) is 5.05. The van der Waals surface area contributed by atoms with Gasteiger partial charge in [0.1, 0.15) is 0 Å². The van der Waals surface area contributed by atoms with Crippen LogP contribution in [0, 0.1) is 13.8 Å². The van der Waals surface area contributed by atoms with Gasteiger partial charge in [-0.2, -0.15) is 0 Å². The molecule has 0 spiro atoms.